The third kappa shape index (κ3) is 5.67. The van der Waals surface area contributed by atoms with E-state index in [9.17, 15) is 18.8 Å². The normalized spacial score (nSPS) is 14.9. The van der Waals surface area contributed by atoms with Gasteiger partial charge in [-0.1, -0.05) is 24.3 Å². The molecular weight excluding hydrogens is 437 g/mol. The van der Waals surface area contributed by atoms with Gasteiger partial charge in [-0.3, -0.25) is 19.3 Å². The second kappa shape index (κ2) is 10.3. The molecule has 1 heterocycles. The van der Waals surface area contributed by atoms with E-state index in [-0.39, 0.29) is 23.4 Å². The molecule has 1 aliphatic rings. The van der Waals surface area contributed by atoms with Crippen molar-refractivity contribution in [1.29, 1.82) is 0 Å². The number of halogens is 1. The van der Waals surface area contributed by atoms with Gasteiger partial charge in [0.15, 0.2) is 11.5 Å². The molecule has 7 nitrogen and oxygen atoms in total. The Hall–Kier alpha value is -3.33. The van der Waals surface area contributed by atoms with Crippen molar-refractivity contribution in [2.45, 2.75) is 26.6 Å². The first-order valence-electron chi connectivity index (χ1n) is 9.77. The molecule has 0 radical (unpaired) electrons. The summed E-state index contributed by atoms with van der Waals surface area (Å²) in [6.07, 6.45) is 1.16. The summed E-state index contributed by atoms with van der Waals surface area (Å²) >= 11 is 0.728. The second-order valence-corrected chi connectivity index (χ2v) is 8.09. The third-order valence-electron chi connectivity index (χ3n) is 4.34. The van der Waals surface area contributed by atoms with Gasteiger partial charge in [-0.15, -0.1) is 0 Å². The maximum atomic E-state index is 13.1. The van der Waals surface area contributed by atoms with Crippen molar-refractivity contribution in [2.24, 2.45) is 0 Å². The molecule has 0 bridgehead atoms. The monoisotopic (exact) mass is 459 g/mol. The summed E-state index contributed by atoms with van der Waals surface area (Å²) in [6.45, 7) is 3.06. The summed E-state index contributed by atoms with van der Waals surface area (Å²) in [5, 5.41) is -0.557. The summed E-state index contributed by atoms with van der Waals surface area (Å²) < 4.78 is 29.4. The Labute approximate surface area is 189 Å². The van der Waals surface area contributed by atoms with E-state index in [4.69, 9.17) is 14.2 Å². The third-order valence-corrected chi connectivity index (χ3v) is 5.25. The fourth-order valence-corrected chi connectivity index (χ4v) is 3.73. The van der Waals surface area contributed by atoms with Crippen LogP contribution in [0.4, 0.5) is 9.18 Å². The molecule has 1 aliphatic heterocycles. The topological polar surface area (TPSA) is 82.1 Å². The Morgan fingerprint density at radius 1 is 1.16 bits per heavy atom. The zero-order chi connectivity index (χ0) is 23.3. The highest BCUT2D eigenvalue weighted by atomic mass is 32.2. The number of benzene rings is 2. The van der Waals surface area contributed by atoms with Crippen molar-refractivity contribution in [1.82, 2.24) is 4.90 Å². The number of amides is 2. The van der Waals surface area contributed by atoms with Crippen LogP contribution in [0.25, 0.3) is 6.08 Å². The quantitative estimate of drug-likeness (QED) is 0.427. The summed E-state index contributed by atoms with van der Waals surface area (Å²) in [5.74, 6) is -0.799. The van der Waals surface area contributed by atoms with Gasteiger partial charge in [-0.05, 0) is 55.4 Å². The minimum Gasteiger partial charge on any atom is -0.493 e. The standard InChI is InChI=1S/C23H22FNO6S/c1-14(2)31-20(26)12-25-22(27)19(32-23(25)28)11-16-5-4-6-18(29-3)21(16)30-13-15-7-9-17(24)10-8-15/h4-11,14H,12-13H2,1-3H3/b19-11-. The molecule has 0 spiro atoms. The van der Waals surface area contributed by atoms with Gasteiger partial charge in [-0.2, -0.15) is 0 Å². The predicted octanol–water partition coefficient (Wildman–Crippen LogP) is 4.40. The molecule has 0 unspecified atom stereocenters. The summed E-state index contributed by atoms with van der Waals surface area (Å²) in [6, 6.07) is 11.0. The number of rotatable bonds is 8. The van der Waals surface area contributed by atoms with Crippen LogP contribution in [0.15, 0.2) is 47.4 Å². The molecule has 168 valence electrons. The molecule has 3 rings (SSSR count). The lowest BCUT2D eigenvalue weighted by atomic mass is 10.1. The van der Waals surface area contributed by atoms with E-state index >= 15 is 0 Å². The number of carbonyl (C=O) groups is 3. The molecular formula is C23H22FNO6S. The number of hydrogen-bond donors (Lipinski definition) is 0. The van der Waals surface area contributed by atoms with E-state index < -0.39 is 23.7 Å². The van der Waals surface area contributed by atoms with E-state index in [0.29, 0.717) is 17.1 Å². The van der Waals surface area contributed by atoms with Crippen molar-refractivity contribution in [3.8, 4) is 11.5 Å². The van der Waals surface area contributed by atoms with Crippen LogP contribution in [0.3, 0.4) is 0 Å². The summed E-state index contributed by atoms with van der Waals surface area (Å²) in [4.78, 5) is 37.9. The average Bonchev–Trinajstić information content (AvgIpc) is 3.00. The molecule has 2 aromatic rings. The van der Waals surface area contributed by atoms with E-state index in [1.807, 2.05) is 0 Å². The fourth-order valence-electron chi connectivity index (χ4n) is 2.90. The van der Waals surface area contributed by atoms with Crippen molar-refractivity contribution in [3.05, 3.63) is 64.3 Å². The summed E-state index contributed by atoms with van der Waals surface area (Å²) in [7, 11) is 1.48. The van der Waals surface area contributed by atoms with Crippen LogP contribution >= 0.6 is 11.8 Å². The van der Waals surface area contributed by atoms with E-state index in [2.05, 4.69) is 0 Å². The van der Waals surface area contributed by atoms with Crippen LogP contribution in [-0.2, 0) is 20.9 Å². The first-order chi connectivity index (χ1) is 15.3. The Balaban J connectivity index is 1.82. The number of carbonyl (C=O) groups excluding carboxylic acids is 3. The SMILES string of the molecule is COc1cccc(/C=C2\SC(=O)N(CC(=O)OC(C)C)C2=O)c1OCc1ccc(F)cc1. The van der Waals surface area contributed by atoms with Crippen LogP contribution in [0.1, 0.15) is 25.0 Å². The smallest absolute Gasteiger partial charge is 0.326 e. The van der Waals surface area contributed by atoms with Gasteiger partial charge in [0.05, 0.1) is 18.1 Å². The first kappa shape index (κ1) is 23.3. The number of thioether (sulfide) groups is 1. The number of para-hydroxylation sites is 1. The molecule has 32 heavy (non-hydrogen) atoms. The highest BCUT2D eigenvalue weighted by molar-refractivity contribution is 8.18. The zero-order valence-corrected chi connectivity index (χ0v) is 18.6. The van der Waals surface area contributed by atoms with Crippen LogP contribution in [-0.4, -0.2) is 41.8 Å². The van der Waals surface area contributed by atoms with Crippen molar-refractivity contribution >= 4 is 35.0 Å². The maximum Gasteiger partial charge on any atom is 0.326 e. The molecule has 0 N–H and O–H groups in total. The lowest BCUT2D eigenvalue weighted by Gasteiger charge is -2.14. The minimum absolute atomic E-state index is 0.143. The van der Waals surface area contributed by atoms with Crippen molar-refractivity contribution in [2.75, 3.05) is 13.7 Å². The van der Waals surface area contributed by atoms with Gasteiger partial charge in [0, 0.05) is 5.56 Å². The van der Waals surface area contributed by atoms with Crippen LogP contribution < -0.4 is 9.47 Å². The first-order valence-corrected chi connectivity index (χ1v) is 10.6. The Morgan fingerprint density at radius 3 is 2.53 bits per heavy atom. The van der Waals surface area contributed by atoms with E-state index in [1.54, 1.807) is 44.2 Å². The Bertz CT molecular complexity index is 1050. The Kier molecular flexibility index (Phi) is 7.53. The number of ether oxygens (including phenoxy) is 3. The molecule has 2 amide bonds. The zero-order valence-electron chi connectivity index (χ0n) is 17.8. The molecule has 2 aromatic carbocycles. The second-order valence-electron chi connectivity index (χ2n) is 7.10. The number of nitrogens with zero attached hydrogens (tertiary/aromatic N) is 1. The lowest BCUT2D eigenvalue weighted by molar-refractivity contribution is -0.149. The average molecular weight is 459 g/mol. The van der Waals surface area contributed by atoms with Crippen LogP contribution in [0.5, 0.6) is 11.5 Å². The van der Waals surface area contributed by atoms with Gasteiger partial charge < -0.3 is 14.2 Å². The number of hydrogen-bond acceptors (Lipinski definition) is 7. The molecule has 1 saturated heterocycles. The molecule has 9 heteroatoms. The van der Waals surface area contributed by atoms with Crippen LogP contribution in [0, 0.1) is 5.82 Å². The summed E-state index contributed by atoms with van der Waals surface area (Å²) in [5.41, 5.74) is 1.26. The number of methoxy groups -OCH3 is 1. The van der Waals surface area contributed by atoms with Crippen LogP contribution in [0.2, 0.25) is 0 Å². The molecule has 0 aliphatic carbocycles. The molecule has 0 aromatic heterocycles. The van der Waals surface area contributed by atoms with Gasteiger partial charge in [0.25, 0.3) is 11.1 Å². The lowest BCUT2D eigenvalue weighted by Crippen LogP contribution is -2.35. The van der Waals surface area contributed by atoms with Gasteiger partial charge in [-0.25, -0.2) is 4.39 Å². The largest absolute Gasteiger partial charge is 0.493 e. The predicted molar refractivity (Wildman–Crippen MR) is 118 cm³/mol. The molecule has 1 fully saturated rings. The molecule has 0 atom stereocenters. The minimum atomic E-state index is -0.659. The van der Waals surface area contributed by atoms with Crippen molar-refractivity contribution in [3.63, 3.8) is 0 Å². The van der Waals surface area contributed by atoms with Gasteiger partial charge in [0.1, 0.15) is 19.0 Å². The van der Waals surface area contributed by atoms with Gasteiger partial charge >= 0.3 is 5.97 Å². The highest BCUT2D eigenvalue weighted by Gasteiger charge is 2.37. The number of esters is 1. The van der Waals surface area contributed by atoms with E-state index in [0.717, 1.165) is 22.2 Å². The Morgan fingerprint density at radius 2 is 1.88 bits per heavy atom. The number of imide groups is 1. The van der Waals surface area contributed by atoms with Gasteiger partial charge in [0.2, 0.25) is 0 Å². The fraction of sp³-hybridized carbons (Fsp3) is 0.261. The molecule has 0 saturated carbocycles. The van der Waals surface area contributed by atoms with Crippen molar-refractivity contribution < 1.29 is 33.0 Å². The highest BCUT2D eigenvalue weighted by Crippen LogP contribution is 2.37. The van der Waals surface area contributed by atoms with E-state index in [1.165, 1.54) is 25.3 Å². The maximum absolute atomic E-state index is 13.1.